The van der Waals surface area contributed by atoms with Crippen LogP contribution in [0.15, 0.2) is 0 Å². The summed E-state index contributed by atoms with van der Waals surface area (Å²) in [6, 6.07) is 2.63. The molecule has 0 unspecified atom stereocenters. The number of unbranched alkanes of at least 4 members (excludes halogenated alkanes) is 20. The van der Waals surface area contributed by atoms with Crippen molar-refractivity contribution in [2.45, 2.75) is 161 Å². The lowest BCUT2D eigenvalue weighted by Crippen LogP contribution is -2.20. The summed E-state index contributed by atoms with van der Waals surface area (Å²) in [6.07, 6.45) is 30.8. The second kappa shape index (κ2) is 20.9. The maximum absolute atomic E-state index is 2.63. The van der Waals surface area contributed by atoms with Gasteiger partial charge in [-0.1, -0.05) is 161 Å². The standard InChI is InChI=1S/C26H55Si/c1-5-6-7-8-9-10-11-12-13-14-15-16-17-18-19-20-21-22-23-24-25-26-27(2,3)4/h26H,5-25H2,1-4H3. The first-order valence-corrected chi connectivity index (χ1v) is 16.5. The molecule has 0 rings (SSSR count). The first-order chi connectivity index (χ1) is 13.1. The number of rotatable bonds is 22. The van der Waals surface area contributed by atoms with Crippen LogP contribution in [-0.2, 0) is 0 Å². The first kappa shape index (κ1) is 27.2. The maximum Gasteiger partial charge on any atom is 0.0473 e. The van der Waals surface area contributed by atoms with Gasteiger partial charge < -0.3 is 0 Å². The summed E-state index contributed by atoms with van der Waals surface area (Å²) >= 11 is 0. The van der Waals surface area contributed by atoms with E-state index in [0.717, 1.165) is 0 Å². The Morgan fingerprint density at radius 3 is 0.926 bits per heavy atom. The highest BCUT2D eigenvalue weighted by molar-refractivity contribution is 6.79. The van der Waals surface area contributed by atoms with Gasteiger partial charge in [0.15, 0.2) is 0 Å². The van der Waals surface area contributed by atoms with Gasteiger partial charge in [-0.25, -0.2) is 0 Å². The summed E-state index contributed by atoms with van der Waals surface area (Å²) in [5.74, 6) is 0. The van der Waals surface area contributed by atoms with E-state index in [4.69, 9.17) is 0 Å². The van der Waals surface area contributed by atoms with Gasteiger partial charge in [0.1, 0.15) is 0 Å². The fourth-order valence-electron chi connectivity index (χ4n) is 3.93. The van der Waals surface area contributed by atoms with Crippen LogP contribution in [0.3, 0.4) is 0 Å². The second-order valence-electron chi connectivity index (χ2n) is 10.1. The van der Waals surface area contributed by atoms with Crippen LogP contribution in [0.4, 0.5) is 0 Å². The topological polar surface area (TPSA) is 0 Å². The Kier molecular flexibility index (Phi) is 21.1. The Morgan fingerprint density at radius 2 is 0.667 bits per heavy atom. The maximum atomic E-state index is 2.63. The van der Waals surface area contributed by atoms with Gasteiger partial charge in [0.05, 0.1) is 0 Å². The van der Waals surface area contributed by atoms with Gasteiger partial charge in [-0.2, -0.15) is 0 Å². The van der Waals surface area contributed by atoms with Crippen LogP contribution in [0.2, 0.25) is 19.6 Å². The van der Waals surface area contributed by atoms with Crippen LogP contribution in [0.1, 0.15) is 142 Å². The molecular weight excluding hydrogens is 340 g/mol. The van der Waals surface area contributed by atoms with Gasteiger partial charge in [-0.3, -0.25) is 0 Å². The van der Waals surface area contributed by atoms with Crippen molar-refractivity contribution in [2.75, 3.05) is 0 Å². The molecule has 0 aromatic rings. The van der Waals surface area contributed by atoms with E-state index in [-0.39, 0.29) is 0 Å². The monoisotopic (exact) mass is 395 g/mol. The molecule has 0 fully saturated rings. The molecule has 0 aliphatic rings. The van der Waals surface area contributed by atoms with E-state index in [0.29, 0.717) is 0 Å². The third-order valence-electron chi connectivity index (χ3n) is 5.81. The zero-order chi connectivity index (χ0) is 20.1. The van der Waals surface area contributed by atoms with E-state index in [2.05, 4.69) is 32.6 Å². The van der Waals surface area contributed by atoms with Gasteiger partial charge in [-0.15, -0.1) is 0 Å². The van der Waals surface area contributed by atoms with Crippen LogP contribution in [-0.4, -0.2) is 8.07 Å². The molecule has 0 aliphatic carbocycles. The Labute approximate surface area is 175 Å². The minimum absolute atomic E-state index is 0.897. The third kappa shape index (κ3) is 26.2. The average molecular weight is 396 g/mol. The SMILES string of the molecule is CCCCCCCCCCCCCCCCCCCCCC[CH][Si](C)(C)C. The van der Waals surface area contributed by atoms with Crippen molar-refractivity contribution in [1.82, 2.24) is 0 Å². The molecule has 0 aliphatic heterocycles. The zero-order valence-electron chi connectivity index (χ0n) is 19.9. The molecule has 1 radical (unpaired) electrons. The van der Waals surface area contributed by atoms with E-state index in [1.807, 2.05) is 0 Å². The summed E-state index contributed by atoms with van der Waals surface area (Å²) < 4.78 is 0. The van der Waals surface area contributed by atoms with Crippen molar-refractivity contribution in [3.05, 3.63) is 6.04 Å². The Hall–Kier alpha value is 0.217. The van der Waals surface area contributed by atoms with Crippen molar-refractivity contribution < 1.29 is 0 Å². The van der Waals surface area contributed by atoms with Crippen molar-refractivity contribution in [3.63, 3.8) is 0 Å². The molecule has 0 atom stereocenters. The molecule has 0 saturated heterocycles. The van der Waals surface area contributed by atoms with Gasteiger partial charge in [0.25, 0.3) is 0 Å². The predicted molar refractivity (Wildman–Crippen MR) is 130 cm³/mol. The van der Waals surface area contributed by atoms with Crippen molar-refractivity contribution in [2.24, 2.45) is 0 Å². The molecule has 0 heterocycles. The fraction of sp³-hybridized carbons (Fsp3) is 0.962. The molecule has 0 nitrogen and oxygen atoms in total. The van der Waals surface area contributed by atoms with Crippen LogP contribution in [0.25, 0.3) is 0 Å². The summed E-state index contributed by atoms with van der Waals surface area (Å²) in [4.78, 5) is 0. The molecule has 0 saturated carbocycles. The number of hydrogen-bond donors (Lipinski definition) is 0. The molecule has 0 spiro atoms. The van der Waals surface area contributed by atoms with Gasteiger partial charge >= 0.3 is 0 Å². The quantitative estimate of drug-likeness (QED) is 0.126. The molecule has 0 amide bonds. The Bertz CT molecular complexity index is 266. The largest absolute Gasteiger partial charge is 0.0693 e. The molecule has 1 heteroatoms. The van der Waals surface area contributed by atoms with E-state index in [1.165, 1.54) is 135 Å². The lowest BCUT2D eigenvalue weighted by molar-refractivity contribution is 0.522. The van der Waals surface area contributed by atoms with E-state index in [1.54, 1.807) is 0 Å². The van der Waals surface area contributed by atoms with Crippen molar-refractivity contribution in [1.29, 1.82) is 0 Å². The first-order valence-electron chi connectivity index (χ1n) is 12.9. The Morgan fingerprint density at radius 1 is 0.407 bits per heavy atom. The normalized spacial score (nSPS) is 12.0. The van der Waals surface area contributed by atoms with E-state index < -0.39 is 8.07 Å². The van der Waals surface area contributed by atoms with Crippen LogP contribution >= 0.6 is 0 Å². The smallest absolute Gasteiger partial charge is 0.0473 e. The summed E-state index contributed by atoms with van der Waals surface area (Å²) in [7, 11) is -0.897. The summed E-state index contributed by atoms with van der Waals surface area (Å²) in [5, 5.41) is 0. The van der Waals surface area contributed by atoms with E-state index in [9.17, 15) is 0 Å². The molecule has 0 aromatic carbocycles. The van der Waals surface area contributed by atoms with Gasteiger partial charge in [-0.05, 0) is 6.04 Å². The average Bonchev–Trinajstić information content (AvgIpc) is 2.62. The lowest BCUT2D eigenvalue weighted by atomic mass is 10.0. The predicted octanol–water partition coefficient (Wildman–Crippen LogP) is 10.3. The zero-order valence-corrected chi connectivity index (χ0v) is 20.9. The van der Waals surface area contributed by atoms with Crippen LogP contribution < -0.4 is 0 Å². The second-order valence-corrected chi connectivity index (χ2v) is 15.2. The highest BCUT2D eigenvalue weighted by atomic mass is 28.3. The van der Waals surface area contributed by atoms with Crippen LogP contribution in [0.5, 0.6) is 0 Å². The number of hydrogen-bond acceptors (Lipinski definition) is 0. The molecule has 27 heavy (non-hydrogen) atoms. The third-order valence-corrected chi connectivity index (χ3v) is 7.33. The summed E-state index contributed by atoms with van der Waals surface area (Å²) in [6.45, 7) is 9.65. The van der Waals surface area contributed by atoms with Crippen molar-refractivity contribution >= 4 is 8.07 Å². The van der Waals surface area contributed by atoms with Gasteiger partial charge in [0.2, 0.25) is 0 Å². The minimum Gasteiger partial charge on any atom is -0.0693 e. The molecule has 163 valence electrons. The highest BCUT2D eigenvalue weighted by Gasteiger charge is 2.11. The Balaban J connectivity index is 3.01. The highest BCUT2D eigenvalue weighted by Crippen LogP contribution is 2.16. The van der Waals surface area contributed by atoms with Crippen molar-refractivity contribution in [3.8, 4) is 0 Å². The fourth-order valence-corrected chi connectivity index (χ4v) is 5.00. The van der Waals surface area contributed by atoms with Gasteiger partial charge in [0, 0.05) is 8.07 Å². The van der Waals surface area contributed by atoms with Crippen LogP contribution in [0, 0.1) is 6.04 Å². The lowest BCUT2D eigenvalue weighted by Gasteiger charge is -2.14. The molecule has 0 aromatic heterocycles. The summed E-state index contributed by atoms with van der Waals surface area (Å²) in [5.41, 5.74) is 0. The molecule has 0 bridgehead atoms. The van der Waals surface area contributed by atoms with E-state index >= 15 is 0 Å². The minimum atomic E-state index is -0.897. The molecule has 0 N–H and O–H groups in total. The molecular formula is C26H55Si.